The van der Waals surface area contributed by atoms with Crippen LogP contribution in [0.1, 0.15) is 6.92 Å². The van der Waals surface area contributed by atoms with Crippen molar-refractivity contribution in [1.29, 1.82) is 0 Å². The van der Waals surface area contributed by atoms with E-state index in [1.54, 1.807) is 6.20 Å². The highest BCUT2D eigenvalue weighted by molar-refractivity contribution is 7.99. The Bertz CT molecular complexity index is 1040. The molecule has 0 aliphatic rings. The molecule has 0 aliphatic heterocycles. The lowest BCUT2D eigenvalue weighted by Crippen LogP contribution is -2.14. The first-order valence-corrected chi connectivity index (χ1v) is 10.9. The van der Waals surface area contributed by atoms with Crippen molar-refractivity contribution < 1.29 is 9.53 Å². The third-order valence-corrected chi connectivity index (χ3v) is 6.03. The van der Waals surface area contributed by atoms with Crippen LogP contribution in [0.4, 0.5) is 5.13 Å². The SMILES string of the molecule is CCOc1ccc(-c2csc3nnc(SCC(=O)Nc4nccs4)n23)cc1. The van der Waals surface area contributed by atoms with Crippen molar-refractivity contribution in [2.45, 2.75) is 12.1 Å². The molecule has 0 saturated heterocycles. The quantitative estimate of drug-likeness (QED) is 0.457. The predicted molar refractivity (Wildman–Crippen MR) is 109 cm³/mol. The van der Waals surface area contributed by atoms with Crippen molar-refractivity contribution in [2.75, 3.05) is 17.7 Å². The second-order valence-electron chi connectivity index (χ2n) is 5.35. The number of nitrogens with zero attached hydrogens (tertiary/aromatic N) is 4. The number of carbonyl (C=O) groups is 1. The van der Waals surface area contributed by atoms with Gasteiger partial charge in [0, 0.05) is 17.0 Å². The van der Waals surface area contributed by atoms with Crippen LogP contribution >= 0.6 is 34.4 Å². The highest BCUT2D eigenvalue weighted by Gasteiger charge is 2.15. The van der Waals surface area contributed by atoms with E-state index in [-0.39, 0.29) is 11.7 Å². The molecule has 7 nitrogen and oxygen atoms in total. The van der Waals surface area contributed by atoms with E-state index >= 15 is 0 Å². The Balaban J connectivity index is 1.52. The fourth-order valence-corrected chi connectivity index (χ4v) is 4.63. The van der Waals surface area contributed by atoms with E-state index in [9.17, 15) is 4.79 Å². The zero-order chi connectivity index (χ0) is 18.6. The highest BCUT2D eigenvalue weighted by Crippen LogP contribution is 2.31. The van der Waals surface area contributed by atoms with Gasteiger partial charge in [-0.05, 0) is 36.8 Å². The molecule has 0 unspecified atom stereocenters. The molecule has 0 atom stereocenters. The Morgan fingerprint density at radius 2 is 2.11 bits per heavy atom. The van der Waals surface area contributed by atoms with Gasteiger partial charge in [0.05, 0.1) is 18.1 Å². The fourth-order valence-electron chi connectivity index (χ4n) is 2.45. The summed E-state index contributed by atoms with van der Waals surface area (Å²) >= 11 is 4.25. The van der Waals surface area contributed by atoms with E-state index < -0.39 is 0 Å². The largest absolute Gasteiger partial charge is 0.494 e. The van der Waals surface area contributed by atoms with Gasteiger partial charge in [0.15, 0.2) is 10.3 Å². The van der Waals surface area contributed by atoms with Gasteiger partial charge in [0.25, 0.3) is 0 Å². The summed E-state index contributed by atoms with van der Waals surface area (Å²) in [6, 6.07) is 7.91. The van der Waals surface area contributed by atoms with Gasteiger partial charge in [0.1, 0.15) is 5.75 Å². The number of carbonyl (C=O) groups excluding carboxylic acids is 1. The van der Waals surface area contributed by atoms with Crippen LogP contribution in [0.25, 0.3) is 16.2 Å². The zero-order valence-corrected chi connectivity index (χ0v) is 16.7. The maximum absolute atomic E-state index is 12.1. The Morgan fingerprint density at radius 1 is 1.26 bits per heavy atom. The lowest BCUT2D eigenvalue weighted by atomic mass is 10.2. The second kappa shape index (κ2) is 8.07. The number of ether oxygens (including phenoxy) is 1. The Kier molecular flexibility index (Phi) is 5.37. The molecular weight excluding hydrogens is 402 g/mol. The van der Waals surface area contributed by atoms with Gasteiger partial charge in [-0.3, -0.25) is 9.20 Å². The van der Waals surface area contributed by atoms with Crippen molar-refractivity contribution in [3.05, 3.63) is 41.2 Å². The monoisotopic (exact) mass is 417 g/mol. The minimum atomic E-state index is -0.121. The van der Waals surface area contributed by atoms with E-state index in [0.29, 0.717) is 16.9 Å². The van der Waals surface area contributed by atoms with Crippen LogP contribution in [0.15, 0.2) is 46.4 Å². The summed E-state index contributed by atoms with van der Waals surface area (Å²) in [6.07, 6.45) is 1.66. The lowest BCUT2D eigenvalue weighted by Gasteiger charge is -2.06. The number of amides is 1. The van der Waals surface area contributed by atoms with Gasteiger partial charge in [-0.15, -0.1) is 32.9 Å². The average molecular weight is 418 g/mol. The molecule has 1 N–H and O–H groups in total. The van der Waals surface area contributed by atoms with Gasteiger partial charge in [-0.25, -0.2) is 4.98 Å². The molecule has 3 aromatic heterocycles. The molecule has 0 spiro atoms. The normalized spacial score (nSPS) is 11.0. The molecule has 27 heavy (non-hydrogen) atoms. The van der Waals surface area contributed by atoms with Crippen LogP contribution in [0.2, 0.25) is 0 Å². The molecule has 0 aliphatic carbocycles. The van der Waals surface area contributed by atoms with Gasteiger partial charge >= 0.3 is 0 Å². The number of benzene rings is 1. The van der Waals surface area contributed by atoms with E-state index in [1.165, 1.54) is 34.4 Å². The fraction of sp³-hybridized carbons (Fsp3) is 0.176. The van der Waals surface area contributed by atoms with Crippen LogP contribution in [0.3, 0.4) is 0 Å². The molecule has 0 bridgehead atoms. The summed E-state index contributed by atoms with van der Waals surface area (Å²) < 4.78 is 7.47. The molecule has 10 heteroatoms. The Labute approximate surface area is 167 Å². The van der Waals surface area contributed by atoms with E-state index in [1.807, 2.05) is 46.4 Å². The van der Waals surface area contributed by atoms with E-state index in [4.69, 9.17) is 4.74 Å². The van der Waals surface area contributed by atoms with Crippen molar-refractivity contribution in [3.63, 3.8) is 0 Å². The number of nitrogens with one attached hydrogen (secondary N) is 1. The zero-order valence-electron chi connectivity index (χ0n) is 14.3. The predicted octanol–water partition coefficient (Wildman–Crippen LogP) is 4.04. The summed E-state index contributed by atoms with van der Waals surface area (Å²) in [5, 5.41) is 16.3. The number of aromatic nitrogens is 4. The smallest absolute Gasteiger partial charge is 0.236 e. The Hall–Kier alpha value is -2.43. The number of thioether (sulfide) groups is 1. The van der Waals surface area contributed by atoms with Crippen molar-refractivity contribution in [3.8, 4) is 17.0 Å². The second-order valence-corrected chi connectivity index (χ2v) is 8.03. The molecular formula is C17H15N5O2S3. The summed E-state index contributed by atoms with van der Waals surface area (Å²) in [5.41, 5.74) is 2.03. The number of hydrogen-bond acceptors (Lipinski definition) is 8. The average Bonchev–Trinajstić information content (AvgIpc) is 3.39. The molecule has 4 rings (SSSR count). The van der Waals surface area contributed by atoms with Crippen LogP contribution in [0.5, 0.6) is 5.75 Å². The number of thiazole rings is 2. The minimum Gasteiger partial charge on any atom is -0.494 e. The van der Waals surface area contributed by atoms with Crippen molar-refractivity contribution in [2.24, 2.45) is 0 Å². The summed E-state index contributed by atoms with van der Waals surface area (Å²) in [4.78, 5) is 16.9. The molecule has 1 amide bonds. The first-order valence-electron chi connectivity index (χ1n) is 8.12. The van der Waals surface area contributed by atoms with Gasteiger partial charge in [-0.1, -0.05) is 11.8 Å². The van der Waals surface area contributed by atoms with Crippen LogP contribution in [0, 0.1) is 0 Å². The third-order valence-electron chi connectivity index (χ3n) is 3.59. The van der Waals surface area contributed by atoms with Gasteiger partial charge in [-0.2, -0.15) is 0 Å². The third kappa shape index (κ3) is 3.97. The summed E-state index contributed by atoms with van der Waals surface area (Å²) in [6.45, 7) is 2.60. The summed E-state index contributed by atoms with van der Waals surface area (Å²) in [7, 11) is 0. The van der Waals surface area contributed by atoms with Crippen LogP contribution in [-0.2, 0) is 4.79 Å². The van der Waals surface area contributed by atoms with E-state index in [0.717, 1.165) is 22.0 Å². The summed E-state index contributed by atoms with van der Waals surface area (Å²) in [5.74, 6) is 0.952. The molecule has 4 aromatic rings. The topological polar surface area (TPSA) is 81.4 Å². The van der Waals surface area contributed by atoms with Gasteiger partial charge < -0.3 is 10.1 Å². The number of rotatable bonds is 7. The molecule has 138 valence electrons. The molecule has 0 radical (unpaired) electrons. The number of fused-ring (bicyclic) bond motifs is 1. The first kappa shape index (κ1) is 18.0. The molecule has 0 saturated carbocycles. The van der Waals surface area contributed by atoms with Crippen molar-refractivity contribution in [1.82, 2.24) is 19.6 Å². The maximum atomic E-state index is 12.1. The molecule has 3 heterocycles. The van der Waals surface area contributed by atoms with Crippen LogP contribution < -0.4 is 10.1 Å². The minimum absolute atomic E-state index is 0.121. The molecule has 0 fully saturated rings. The van der Waals surface area contributed by atoms with Gasteiger partial charge in [0.2, 0.25) is 10.9 Å². The standard InChI is InChI=1S/C17H15N5O2S3/c1-2-24-12-5-3-11(4-6-12)13-9-26-16-20-21-17(22(13)16)27-10-14(23)19-15-18-7-8-25-15/h3-9H,2,10H2,1H3,(H,18,19,23). The number of anilines is 1. The highest BCUT2D eigenvalue weighted by atomic mass is 32.2. The lowest BCUT2D eigenvalue weighted by molar-refractivity contribution is -0.113. The first-order chi connectivity index (χ1) is 13.2. The van der Waals surface area contributed by atoms with E-state index in [2.05, 4.69) is 20.5 Å². The maximum Gasteiger partial charge on any atom is 0.236 e. The van der Waals surface area contributed by atoms with Crippen molar-refractivity contribution >= 4 is 50.4 Å². The molecule has 1 aromatic carbocycles. The Morgan fingerprint density at radius 3 is 2.85 bits per heavy atom. The number of hydrogen-bond donors (Lipinski definition) is 1. The van der Waals surface area contributed by atoms with Crippen LogP contribution in [-0.4, -0.2) is 37.8 Å².